The molecule has 1 heterocycles. The third-order valence-electron chi connectivity index (χ3n) is 4.15. The number of amides is 1. The molecule has 0 saturated carbocycles. The van der Waals surface area contributed by atoms with Crippen LogP contribution in [0, 0.1) is 16.0 Å². The van der Waals surface area contributed by atoms with Gasteiger partial charge in [0.2, 0.25) is 0 Å². The second kappa shape index (κ2) is 7.16. The molecule has 1 amide bonds. The Morgan fingerprint density at radius 2 is 2.00 bits per heavy atom. The zero-order valence-corrected chi connectivity index (χ0v) is 13.1. The monoisotopic (exact) mass is 345 g/mol. The number of nitro benzene ring substituents is 1. The third-order valence-corrected chi connectivity index (χ3v) is 4.15. The molecule has 1 N–H and O–H groups in total. The number of carbonyl (C=O) groups is 1. The Morgan fingerprint density at radius 1 is 1.38 bits per heavy atom. The fourth-order valence-corrected chi connectivity index (χ4v) is 2.84. The molecule has 1 aliphatic rings. The first kappa shape index (κ1) is 18.2. The number of carbonyl (C=O) groups excluding carboxylic acids is 1. The molecule has 1 saturated heterocycles. The molecule has 6 nitrogen and oxygen atoms in total. The van der Waals surface area contributed by atoms with Gasteiger partial charge in [0.25, 0.3) is 11.6 Å². The molecule has 1 aliphatic heterocycles. The second-order valence-electron chi connectivity index (χ2n) is 5.78. The molecule has 0 atom stereocenters. The summed E-state index contributed by atoms with van der Waals surface area (Å²) in [6.07, 6.45) is -3.19. The molecule has 2 rings (SSSR count). The predicted octanol–water partition coefficient (Wildman–Crippen LogP) is 2.69. The van der Waals surface area contributed by atoms with Crippen LogP contribution in [0.4, 0.5) is 18.9 Å². The Kier molecular flexibility index (Phi) is 5.43. The van der Waals surface area contributed by atoms with Gasteiger partial charge in [-0.15, -0.1) is 0 Å². The van der Waals surface area contributed by atoms with E-state index in [1.54, 1.807) is 0 Å². The first-order chi connectivity index (χ1) is 11.2. The average Bonchev–Trinajstić information content (AvgIpc) is 2.53. The summed E-state index contributed by atoms with van der Waals surface area (Å²) in [5.74, 6) is -0.181. The van der Waals surface area contributed by atoms with E-state index in [9.17, 15) is 28.1 Å². The Balaban J connectivity index is 2.22. The molecule has 1 aromatic carbocycles. The maximum absolute atomic E-state index is 12.7. The Bertz CT molecular complexity index is 626. The smallest absolute Gasteiger partial charge is 0.338 e. The van der Waals surface area contributed by atoms with Crippen molar-refractivity contribution in [3.05, 3.63) is 39.4 Å². The van der Waals surface area contributed by atoms with Gasteiger partial charge in [0.05, 0.1) is 10.5 Å². The number of hydrogen-bond donors (Lipinski definition) is 1. The molecule has 9 heteroatoms. The number of likely N-dealkylation sites (tertiary alicyclic amines) is 1. The van der Waals surface area contributed by atoms with Gasteiger partial charge >= 0.3 is 6.18 Å². The molecule has 1 fully saturated rings. The number of nitrogens with one attached hydrogen (secondary N) is 1. The summed E-state index contributed by atoms with van der Waals surface area (Å²) in [6, 6.07) is 2.01. The van der Waals surface area contributed by atoms with Crippen LogP contribution in [0.5, 0.6) is 0 Å². The van der Waals surface area contributed by atoms with Crippen molar-refractivity contribution in [2.24, 2.45) is 5.92 Å². The van der Waals surface area contributed by atoms with Gasteiger partial charge in [-0.3, -0.25) is 14.9 Å². The summed E-state index contributed by atoms with van der Waals surface area (Å²) in [7, 11) is 1.84. The van der Waals surface area contributed by atoms with E-state index in [0.717, 1.165) is 25.5 Å². The lowest BCUT2D eigenvalue weighted by atomic mass is 9.96. The van der Waals surface area contributed by atoms with Crippen LogP contribution < -0.4 is 5.32 Å². The third kappa shape index (κ3) is 4.02. The summed E-state index contributed by atoms with van der Waals surface area (Å²) in [5, 5.41) is 14.1. The number of nitro groups is 1. The number of piperidine rings is 1. The molecule has 24 heavy (non-hydrogen) atoms. The zero-order chi connectivity index (χ0) is 17.9. The van der Waals surface area contributed by atoms with Gasteiger partial charge in [0.15, 0.2) is 0 Å². The van der Waals surface area contributed by atoms with Gasteiger partial charge < -0.3 is 10.2 Å². The van der Waals surface area contributed by atoms with Crippen molar-refractivity contribution in [3.63, 3.8) is 0 Å². The minimum Gasteiger partial charge on any atom is -0.338 e. The van der Waals surface area contributed by atoms with Gasteiger partial charge in [-0.2, -0.15) is 13.2 Å². The molecule has 0 spiro atoms. The highest BCUT2D eigenvalue weighted by molar-refractivity contribution is 5.98. The molecule has 132 valence electrons. The summed E-state index contributed by atoms with van der Waals surface area (Å²) >= 11 is 0. The van der Waals surface area contributed by atoms with Crippen LogP contribution >= 0.6 is 0 Å². The molecule has 0 aromatic heterocycles. The standard InChI is InChI=1S/C15H18F3N3O3/c1-19-9-10-4-6-20(7-5-10)14(22)12-3-2-11(15(16,17)18)8-13(12)21(23)24/h2-3,8,10,19H,4-7,9H2,1H3. The van der Waals surface area contributed by atoms with Crippen LogP contribution in [-0.4, -0.2) is 42.4 Å². The number of alkyl halides is 3. The second-order valence-corrected chi connectivity index (χ2v) is 5.78. The number of benzene rings is 1. The van der Waals surface area contributed by atoms with E-state index >= 15 is 0 Å². The Labute approximate surface area is 136 Å². The van der Waals surface area contributed by atoms with Gasteiger partial charge in [-0.1, -0.05) is 0 Å². The molecule has 0 unspecified atom stereocenters. The lowest BCUT2D eigenvalue weighted by Crippen LogP contribution is -2.40. The van der Waals surface area contributed by atoms with E-state index in [-0.39, 0.29) is 5.56 Å². The number of nitrogens with zero attached hydrogens (tertiary/aromatic N) is 2. The van der Waals surface area contributed by atoms with Crippen LogP contribution in [-0.2, 0) is 6.18 Å². The lowest BCUT2D eigenvalue weighted by Gasteiger charge is -2.32. The highest BCUT2D eigenvalue weighted by atomic mass is 19.4. The maximum atomic E-state index is 12.7. The molecular weight excluding hydrogens is 327 g/mol. The van der Waals surface area contributed by atoms with Crippen LogP contribution in [0.1, 0.15) is 28.8 Å². The maximum Gasteiger partial charge on any atom is 0.416 e. The number of hydrogen-bond acceptors (Lipinski definition) is 4. The summed E-state index contributed by atoms with van der Waals surface area (Å²) in [4.78, 5) is 24.1. The molecular formula is C15H18F3N3O3. The van der Waals surface area contributed by atoms with E-state index in [1.165, 1.54) is 4.90 Å². The zero-order valence-electron chi connectivity index (χ0n) is 13.1. The van der Waals surface area contributed by atoms with Crippen molar-refractivity contribution in [1.29, 1.82) is 0 Å². The molecule has 0 aliphatic carbocycles. The lowest BCUT2D eigenvalue weighted by molar-refractivity contribution is -0.385. The van der Waals surface area contributed by atoms with Crippen molar-refractivity contribution in [3.8, 4) is 0 Å². The minimum atomic E-state index is -4.70. The summed E-state index contributed by atoms with van der Waals surface area (Å²) in [5.41, 5.74) is -2.26. The van der Waals surface area contributed by atoms with Crippen molar-refractivity contribution in [1.82, 2.24) is 10.2 Å². The normalized spacial score (nSPS) is 16.2. The highest BCUT2D eigenvalue weighted by Crippen LogP contribution is 2.33. The molecule has 1 aromatic rings. The van der Waals surface area contributed by atoms with Crippen LogP contribution in [0.2, 0.25) is 0 Å². The van der Waals surface area contributed by atoms with Gasteiger partial charge in [-0.05, 0) is 44.5 Å². The number of rotatable bonds is 4. The SMILES string of the molecule is CNCC1CCN(C(=O)c2ccc(C(F)(F)F)cc2[N+](=O)[O-])CC1. The van der Waals surface area contributed by atoms with Crippen molar-refractivity contribution >= 4 is 11.6 Å². The fraction of sp³-hybridized carbons (Fsp3) is 0.533. The Morgan fingerprint density at radius 3 is 2.50 bits per heavy atom. The van der Waals surface area contributed by atoms with Crippen LogP contribution in [0.15, 0.2) is 18.2 Å². The summed E-state index contributed by atoms with van der Waals surface area (Å²) < 4.78 is 38.1. The van der Waals surface area contributed by atoms with Gasteiger partial charge in [0.1, 0.15) is 5.56 Å². The topological polar surface area (TPSA) is 75.5 Å². The van der Waals surface area contributed by atoms with E-state index in [1.807, 2.05) is 7.05 Å². The van der Waals surface area contributed by atoms with Crippen molar-refractivity contribution in [2.45, 2.75) is 19.0 Å². The van der Waals surface area contributed by atoms with E-state index in [4.69, 9.17) is 0 Å². The van der Waals surface area contributed by atoms with E-state index in [0.29, 0.717) is 31.1 Å². The number of halogens is 3. The highest BCUT2D eigenvalue weighted by Gasteiger charge is 2.35. The van der Waals surface area contributed by atoms with Crippen LogP contribution in [0.25, 0.3) is 0 Å². The quantitative estimate of drug-likeness (QED) is 0.672. The van der Waals surface area contributed by atoms with Crippen LogP contribution in [0.3, 0.4) is 0 Å². The largest absolute Gasteiger partial charge is 0.416 e. The van der Waals surface area contributed by atoms with Crippen molar-refractivity contribution in [2.75, 3.05) is 26.7 Å². The first-order valence-electron chi connectivity index (χ1n) is 7.53. The molecule has 0 radical (unpaired) electrons. The fourth-order valence-electron chi connectivity index (χ4n) is 2.84. The van der Waals surface area contributed by atoms with Gasteiger partial charge in [0, 0.05) is 19.2 Å². The average molecular weight is 345 g/mol. The molecule has 0 bridgehead atoms. The van der Waals surface area contributed by atoms with E-state index in [2.05, 4.69) is 5.32 Å². The van der Waals surface area contributed by atoms with E-state index < -0.39 is 28.3 Å². The van der Waals surface area contributed by atoms with Crippen molar-refractivity contribution < 1.29 is 22.9 Å². The minimum absolute atomic E-state index is 0.305. The Hall–Kier alpha value is -2.16. The summed E-state index contributed by atoms with van der Waals surface area (Å²) in [6.45, 7) is 1.69. The first-order valence-corrected chi connectivity index (χ1v) is 7.53. The predicted molar refractivity (Wildman–Crippen MR) is 80.7 cm³/mol. The van der Waals surface area contributed by atoms with Gasteiger partial charge in [-0.25, -0.2) is 0 Å².